The van der Waals surface area contributed by atoms with E-state index in [2.05, 4.69) is 15.2 Å². The molecule has 2 atom stereocenters. The molecule has 1 aliphatic rings. The first-order valence-corrected chi connectivity index (χ1v) is 10.7. The fourth-order valence-electron chi connectivity index (χ4n) is 4.40. The SMILES string of the molecule is Cc1cc(F)ccc1N1CCN(C(=O)N[C@@H](C(=O)O)[C@@H](C)c2c[nH]c3ccccc23)CC1. The number of rotatable bonds is 5. The van der Waals surface area contributed by atoms with Gasteiger partial charge in [-0.25, -0.2) is 14.0 Å². The van der Waals surface area contributed by atoms with E-state index in [1.165, 1.54) is 12.1 Å². The molecule has 1 fully saturated rings. The average molecular weight is 439 g/mol. The van der Waals surface area contributed by atoms with E-state index >= 15 is 0 Å². The molecule has 168 valence electrons. The van der Waals surface area contributed by atoms with E-state index in [4.69, 9.17) is 0 Å². The van der Waals surface area contributed by atoms with Gasteiger partial charge in [0.1, 0.15) is 11.9 Å². The summed E-state index contributed by atoms with van der Waals surface area (Å²) in [5.74, 6) is -1.76. The summed E-state index contributed by atoms with van der Waals surface area (Å²) in [6.45, 7) is 5.77. The average Bonchev–Trinajstić information content (AvgIpc) is 3.21. The number of anilines is 1. The molecule has 1 aromatic heterocycles. The van der Waals surface area contributed by atoms with Crippen molar-refractivity contribution in [1.29, 1.82) is 0 Å². The van der Waals surface area contributed by atoms with Crippen LogP contribution in [0.1, 0.15) is 24.0 Å². The van der Waals surface area contributed by atoms with Crippen LogP contribution in [0.15, 0.2) is 48.7 Å². The topological polar surface area (TPSA) is 88.7 Å². The lowest BCUT2D eigenvalue weighted by molar-refractivity contribution is -0.139. The van der Waals surface area contributed by atoms with Crippen molar-refractivity contribution in [3.8, 4) is 0 Å². The van der Waals surface area contributed by atoms with Gasteiger partial charge in [-0.15, -0.1) is 0 Å². The van der Waals surface area contributed by atoms with E-state index in [9.17, 15) is 19.1 Å². The maximum atomic E-state index is 13.4. The van der Waals surface area contributed by atoms with E-state index in [0.29, 0.717) is 26.2 Å². The number of carbonyl (C=O) groups excluding carboxylic acids is 1. The molecular weight excluding hydrogens is 411 g/mol. The van der Waals surface area contributed by atoms with E-state index < -0.39 is 17.9 Å². The molecule has 0 bridgehead atoms. The molecule has 0 aliphatic carbocycles. The Morgan fingerprint density at radius 3 is 2.53 bits per heavy atom. The Labute approximate surface area is 185 Å². The molecule has 1 saturated heterocycles. The predicted octanol–water partition coefficient (Wildman–Crippen LogP) is 3.70. The molecule has 0 unspecified atom stereocenters. The molecular formula is C24H27FN4O3. The summed E-state index contributed by atoms with van der Waals surface area (Å²) in [6, 6.07) is 10.9. The number of para-hydroxylation sites is 1. The van der Waals surface area contributed by atoms with Crippen molar-refractivity contribution in [2.75, 3.05) is 31.1 Å². The number of nitrogens with zero attached hydrogens (tertiary/aromatic N) is 2. The first-order chi connectivity index (χ1) is 15.3. The van der Waals surface area contributed by atoms with Crippen LogP contribution in [0.4, 0.5) is 14.9 Å². The number of carboxylic acid groups (broad SMARTS) is 1. The number of carbonyl (C=O) groups is 2. The minimum Gasteiger partial charge on any atom is -0.480 e. The van der Waals surface area contributed by atoms with Crippen molar-refractivity contribution >= 4 is 28.6 Å². The lowest BCUT2D eigenvalue weighted by atomic mass is 9.93. The van der Waals surface area contributed by atoms with Crippen LogP contribution in [0.5, 0.6) is 0 Å². The Bertz CT molecular complexity index is 1140. The number of hydrogen-bond acceptors (Lipinski definition) is 3. The quantitative estimate of drug-likeness (QED) is 0.567. The summed E-state index contributed by atoms with van der Waals surface area (Å²) < 4.78 is 13.4. The molecule has 32 heavy (non-hydrogen) atoms. The monoisotopic (exact) mass is 438 g/mol. The summed E-state index contributed by atoms with van der Waals surface area (Å²) >= 11 is 0. The molecule has 3 N–H and O–H groups in total. The number of H-pyrrole nitrogens is 1. The number of aromatic nitrogens is 1. The van der Waals surface area contributed by atoms with Crippen LogP contribution in [0.25, 0.3) is 10.9 Å². The van der Waals surface area contributed by atoms with Crippen LogP contribution in [-0.4, -0.2) is 59.2 Å². The molecule has 3 aromatic rings. The molecule has 0 saturated carbocycles. The van der Waals surface area contributed by atoms with Crippen LogP contribution >= 0.6 is 0 Å². The number of aryl methyl sites for hydroxylation is 1. The molecule has 2 aromatic carbocycles. The normalized spacial score (nSPS) is 16.1. The lowest BCUT2D eigenvalue weighted by Gasteiger charge is -2.37. The Morgan fingerprint density at radius 1 is 1.12 bits per heavy atom. The van der Waals surface area contributed by atoms with Gasteiger partial charge in [-0.3, -0.25) is 0 Å². The largest absolute Gasteiger partial charge is 0.480 e. The number of aliphatic carboxylic acids is 1. The molecule has 8 heteroatoms. The van der Waals surface area contributed by atoms with Crippen LogP contribution in [0, 0.1) is 12.7 Å². The second kappa shape index (κ2) is 8.90. The number of halogens is 1. The fraction of sp³-hybridized carbons (Fsp3) is 0.333. The number of benzene rings is 2. The molecule has 0 spiro atoms. The van der Waals surface area contributed by atoms with Crippen molar-refractivity contribution in [2.24, 2.45) is 0 Å². The van der Waals surface area contributed by atoms with E-state index in [1.54, 1.807) is 17.2 Å². The van der Waals surface area contributed by atoms with Gasteiger partial charge in [0.05, 0.1) is 0 Å². The van der Waals surface area contributed by atoms with E-state index in [-0.39, 0.29) is 11.8 Å². The van der Waals surface area contributed by atoms with Gasteiger partial charge < -0.3 is 25.2 Å². The van der Waals surface area contributed by atoms with E-state index in [0.717, 1.165) is 27.7 Å². The van der Waals surface area contributed by atoms with Gasteiger partial charge in [0, 0.05) is 54.9 Å². The van der Waals surface area contributed by atoms with E-state index in [1.807, 2.05) is 38.1 Å². The highest BCUT2D eigenvalue weighted by Crippen LogP contribution is 2.28. The zero-order valence-electron chi connectivity index (χ0n) is 18.1. The Kier molecular flexibility index (Phi) is 6.03. The van der Waals surface area contributed by atoms with Gasteiger partial charge in [0.25, 0.3) is 0 Å². The van der Waals surface area contributed by atoms with Crippen molar-refractivity contribution in [3.63, 3.8) is 0 Å². The van der Waals surface area contributed by atoms with Gasteiger partial charge >= 0.3 is 12.0 Å². The van der Waals surface area contributed by atoms with Crippen LogP contribution in [0.3, 0.4) is 0 Å². The van der Waals surface area contributed by atoms with Gasteiger partial charge in [0.15, 0.2) is 0 Å². The summed E-state index contributed by atoms with van der Waals surface area (Å²) in [6.07, 6.45) is 1.81. The summed E-state index contributed by atoms with van der Waals surface area (Å²) in [5, 5.41) is 13.5. The first kappa shape index (κ1) is 21.7. The third-order valence-electron chi connectivity index (χ3n) is 6.22. The molecule has 4 rings (SSSR count). The van der Waals surface area contributed by atoms with Gasteiger partial charge in [-0.2, -0.15) is 0 Å². The number of aromatic amines is 1. The molecule has 1 aliphatic heterocycles. The fourth-order valence-corrected chi connectivity index (χ4v) is 4.40. The van der Waals surface area contributed by atoms with Crippen LogP contribution in [0.2, 0.25) is 0 Å². The van der Waals surface area contributed by atoms with Crippen molar-refractivity contribution < 1.29 is 19.1 Å². The first-order valence-electron chi connectivity index (χ1n) is 10.7. The Hall–Kier alpha value is -3.55. The third-order valence-corrected chi connectivity index (χ3v) is 6.22. The second-order valence-corrected chi connectivity index (χ2v) is 8.25. The second-order valence-electron chi connectivity index (χ2n) is 8.25. The molecule has 0 radical (unpaired) electrons. The minimum atomic E-state index is -1.07. The number of fused-ring (bicyclic) bond motifs is 1. The zero-order chi connectivity index (χ0) is 22.8. The molecule has 7 nitrogen and oxygen atoms in total. The maximum Gasteiger partial charge on any atom is 0.326 e. The van der Waals surface area contributed by atoms with Crippen molar-refractivity contribution in [3.05, 3.63) is 65.6 Å². The highest BCUT2D eigenvalue weighted by molar-refractivity contribution is 5.87. The summed E-state index contributed by atoms with van der Waals surface area (Å²) in [4.78, 5) is 31.8. The van der Waals surface area contributed by atoms with Crippen LogP contribution < -0.4 is 10.2 Å². The van der Waals surface area contributed by atoms with Gasteiger partial charge in [0.2, 0.25) is 0 Å². The number of hydrogen-bond donors (Lipinski definition) is 3. The van der Waals surface area contributed by atoms with Crippen LogP contribution in [-0.2, 0) is 4.79 Å². The summed E-state index contributed by atoms with van der Waals surface area (Å²) in [5.41, 5.74) is 3.58. The van der Waals surface area contributed by atoms with Crippen molar-refractivity contribution in [1.82, 2.24) is 15.2 Å². The third kappa shape index (κ3) is 4.26. The Morgan fingerprint density at radius 2 is 1.84 bits per heavy atom. The number of piperazine rings is 1. The lowest BCUT2D eigenvalue weighted by Crippen LogP contribution is -2.55. The van der Waals surface area contributed by atoms with Gasteiger partial charge in [-0.05, 0) is 42.3 Å². The maximum absolute atomic E-state index is 13.4. The highest BCUT2D eigenvalue weighted by atomic mass is 19.1. The summed E-state index contributed by atoms with van der Waals surface area (Å²) in [7, 11) is 0. The highest BCUT2D eigenvalue weighted by Gasteiger charge is 2.32. The minimum absolute atomic E-state index is 0.270. The smallest absolute Gasteiger partial charge is 0.326 e. The predicted molar refractivity (Wildman–Crippen MR) is 122 cm³/mol. The van der Waals surface area contributed by atoms with Crippen molar-refractivity contribution in [2.45, 2.75) is 25.8 Å². The number of amides is 2. The molecule has 2 heterocycles. The number of urea groups is 1. The molecule has 2 amide bonds. The van der Waals surface area contributed by atoms with Gasteiger partial charge in [-0.1, -0.05) is 25.1 Å². The Balaban J connectivity index is 1.42. The number of nitrogens with one attached hydrogen (secondary N) is 2. The number of carboxylic acids is 1. The zero-order valence-corrected chi connectivity index (χ0v) is 18.1. The standard InChI is InChI=1S/C24H27FN4O3/c1-15-13-17(25)7-8-21(15)28-9-11-29(12-10-28)24(32)27-22(23(30)31)16(2)19-14-26-20-6-4-3-5-18(19)20/h3-8,13-14,16,22,26H,9-12H2,1-2H3,(H,27,32)(H,30,31)/t16-,22+/m0/s1.